The number of hydrogen-bond acceptors (Lipinski definition) is 1. The largest absolute Gasteiger partial charge is 0.303 e. The minimum Gasteiger partial charge on any atom is -0.303 e. The average Bonchev–Trinajstić information content (AvgIpc) is 2.78. The molecule has 0 aliphatic heterocycles. The van der Waals surface area contributed by atoms with E-state index in [9.17, 15) is 0 Å². The summed E-state index contributed by atoms with van der Waals surface area (Å²) in [4.78, 5) is 4.68. The van der Waals surface area contributed by atoms with E-state index in [0.717, 1.165) is 23.5 Å². The summed E-state index contributed by atoms with van der Waals surface area (Å²) in [5.41, 5.74) is 5.64. The fourth-order valence-electron chi connectivity index (χ4n) is 2.28. The van der Waals surface area contributed by atoms with Crippen LogP contribution in [0.1, 0.15) is 22.5 Å². The predicted molar refractivity (Wildman–Crippen MR) is 86.0 cm³/mol. The maximum absolute atomic E-state index is 6.08. The van der Waals surface area contributed by atoms with Gasteiger partial charge < -0.3 is 4.40 Å². The van der Waals surface area contributed by atoms with Crippen LogP contribution < -0.4 is 0 Å². The maximum Gasteiger partial charge on any atom is 0.137 e. The zero-order chi connectivity index (χ0) is 13.2. The fourth-order valence-corrected chi connectivity index (χ4v) is 2.56. The highest BCUT2D eigenvalue weighted by Crippen LogP contribution is 2.18. The number of nitrogens with zero attached hydrogens (tertiary/aromatic N) is 2. The Balaban J connectivity index is 0.00000147. The third-order valence-corrected chi connectivity index (χ3v) is 3.58. The first-order valence-corrected chi connectivity index (χ1v) is 6.88. The van der Waals surface area contributed by atoms with E-state index >= 15 is 0 Å². The molecule has 3 aromatic rings. The van der Waals surface area contributed by atoms with E-state index in [1.807, 2.05) is 24.4 Å². The molecule has 0 radical (unpaired) electrons. The van der Waals surface area contributed by atoms with Crippen LogP contribution in [0.3, 0.4) is 0 Å². The Kier molecular flexibility index (Phi) is 4.69. The smallest absolute Gasteiger partial charge is 0.137 e. The van der Waals surface area contributed by atoms with Crippen LogP contribution in [0.4, 0.5) is 0 Å². The van der Waals surface area contributed by atoms with Crippen molar-refractivity contribution in [2.75, 3.05) is 0 Å². The number of aromatic nitrogens is 2. The molecule has 0 atom stereocenters. The molecule has 0 N–H and O–H groups in total. The number of fused-ring (bicyclic) bond motifs is 1. The van der Waals surface area contributed by atoms with Gasteiger partial charge in [-0.2, -0.15) is 0 Å². The quantitative estimate of drug-likeness (QED) is 0.656. The van der Waals surface area contributed by atoms with Gasteiger partial charge in [-0.1, -0.05) is 35.9 Å². The first kappa shape index (κ1) is 14.9. The molecule has 0 saturated heterocycles. The van der Waals surface area contributed by atoms with E-state index in [-0.39, 0.29) is 12.4 Å². The monoisotopic (exact) mass is 306 g/mol. The van der Waals surface area contributed by atoms with Crippen molar-refractivity contribution in [2.24, 2.45) is 0 Å². The molecule has 0 saturated carbocycles. The molecule has 0 aliphatic rings. The molecule has 20 heavy (non-hydrogen) atoms. The average molecular weight is 307 g/mol. The molecule has 3 rings (SSSR count). The van der Waals surface area contributed by atoms with Crippen molar-refractivity contribution in [1.82, 2.24) is 9.38 Å². The Hall–Kier alpha value is -1.51. The number of aryl methyl sites for hydroxylation is 1. The molecule has 2 aromatic heterocycles. The molecule has 0 amide bonds. The topological polar surface area (TPSA) is 17.3 Å². The zero-order valence-corrected chi connectivity index (χ0v) is 12.8. The van der Waals surface area contributed by atoms with Gasteiger partial charge in [-0.3, -0.25) is 0 Å². The second-order valence-electron chi connectivity index (χ2n) is 4.73. The van der Waals surface area contributed by atoms with Gasteiger partial charge in [0, 0.05) is 12.6 Å². The number of pyridine rings is 1. The van der Waals surface area contributed by atoms with Crippen LogP contribution in [-0.4, -0.2) is 9.38 Å². The lowest BCUT2D eigenvalue weighted by Crippen LogP contribution is -1.95. The first-order chi connectivity index (χ1) is 9.28. The van der Waals surface area contributed by atoms with Gasteiger partial charge in [0.2, 0.25) is 0 Å². The number of benzene rings is 1. The molecule has 104 valence electrons. The van der Waals surface area contributed by atoms with Crippen LogP contribution in [-0.2, 0) is 12.3 Å². The van der Waals surface area contributed by atoms with Crippen LogP contribution in [0.15, 0.2) is 48.7 Å². The van der Waals surface area contributed by atoms with Crippen molar-refractivity contribution in [1.29, 1.82) is 0 Å². The Labute approximate surface area is 129 Å². The molecule has 4 heteroatoms. The van der Waals surface area contributed by atoms with Gasteiger partial charge in [0.25, 0.3) is 0 Å². The van der Waals surface area contributed by atoms with Gasteiger partial charge in [-0.05, 0) is 24.6 Å². The van der Waals surface area contributed by atoms with Crippen molar-refractivity contribution >= 4 is 29.7 Å². The van der Waals surface area contributed by atoms with Crippen LogP contribution >= 0.6 is 24.0 Å². The van der Waals surface area contributed by atoms with Gasteiger partial charge in [0.05, 0.1) is 17.3 Å². The summed E-state index contributed by atoms with van der Waals surface area (Å²) in [5, 5.41) is 0. The fraction of sp³-hybridized carbons (Fsp3) is 0.188. The van der Waals surface area contributed by atoms with Crippen molar-refractivity contribution in [3.63, 3.8) is 0 Å². The lowest BCUT2D eigenvalue weighted by atomic mass is 10.1. The molecule has 0 bridgehead atoms. The summed E-state index contributed by atoms with van der Waals surface area (Å²) in [6, 6.07) is 14.6. The van der Waals surface area contributed by atoms with Crippen molar-refractivity contribution in [3.05, 3.63) is 71.2 Å². The SMILES string of the molecule is Cc1ccc(Cc2nc3ccccn3c2CCl)cc1.Cl. The van der Waals surface area contributed by atoms with Crippen molar-refractivity contribution < 1.29 is 0 Å². The Morgan fingerprint density at radius 2 is 1.85 bits per heavy atom. The number of imidazole rings is 1. The maximum atomic E-state index is 6.08. The summed E-state index contributed by atoms with van der Waals surface area (Å²) >= 11 is 6.08. The van der Waals surface area contributed by atoms with Crippen LogP contribution in [0.25, 0.3) is 5.65 Å². The molecule has 0 fully saturated rings. The third kappa shape index (κ3) is 2.82. The normalized spacial score (nSPS) is 10.5. The van der Waals surface area contributed by atoms with E-state index in [4.69, 9.17) is 11.6 Å². The molecule has 2 nitrogen and oxygen atoms in total. The summed E-state index contributed by atoms with van der Waals surface area (Å²) in [6.07, 6.45) is 2.84. The predicted octanol–water partition coefficient (Wildman–Crippen LogP) is 4.39. The lowest BCUT2D eigenvalue weighted by Gasteiger charge is -2.02. The zero-order valence-electron chi connectivity index (χ0n) is 11.2. The minimum absolute atomic E-state index is 0. The first-order valence-electron chi connectivity index (χ1n) is 6.34. The Bertz CT molecular complexity index is 702. The van der Waals surface area contributed by atoms with E-state index in [1.54, 1.807) is 0 Å². The number of alkyl halides is 1. The molecular weight excluding hydrogens is 291 g/mol. The standard InChI is InChI=1S/C16H15ClN2.ClH/c1-12-5-7-13(8-6-12)10-14-15(11-17)19-9-3-2-4-16(19)18-14;/h2-9H,10-11H2,1H3;1H. The Morgan fingerprint density at radius 3 is 2.55 bits per heavy atom. The van der Waals surface area contributed by atoms with Crippen molar-refractivity contribution in [3.8, 4) is 0 Å². The second kappa shape index (κ2) is 6.29. The van der Waals surface area contributed by atoms with E-state index in [0.29, 0.717) is 5.88 Å². The highest BCUT2D eigenvalue weighted by Gasteiger charge is 2.11. The third-order valence-electron chi connectivity index (χ3n) is 3.33. The Morgan fingerprint density at radius 1 is 1.10 bits per heavy atom. The van der Waals surface area contributed by atoms with E-state index < -0.39 is 0 Å². The van der Waals surface area contributed by atoms with Gasteiger partial charge >= 0.3 is 0 Å². The number of rotatable bonds is 3. The van der Waals surface area contributed by atoms with Gasteiger partial charge in [0.1, 0.15) is 5.65 Å². The number of halogens is 2. The highest BCUT2D eigenvalue weighted by atomic mass is 35.5. The molecule has 2 heterocycles. The van der Waals surface area contributed by atoms with Crippen LogP contribution in [0, 0.1) is 6.92 Å². The summed E-state index contributed by atoms with van der Waals surface area (Å²) < 4.78 is 2.07. The molecule has 1 aromatic carbocycles. The molecular formula is C16H16Cl2N2. The molecule has 0 aliphatic carbocycles. The van der Waals surface area contributed by atoms with Gasteiger partial charge in [0.15, 0.2) is 0 Å². The van der Waals surface area contributed by atoms with Crippen molar-refractivity contribution in [2.45, 2.75) is 19.2 Å². The second-order valence-corrected chi connectivity index (χ2v) is 5.00. The molecule has 0 unspecified atom stereocenters. The van der Waals surface area contributed by atoms with Crippen LogP contribution in [0.2, 0.25) is 0 Å². The van der Waals surface area contributed by atoms with Gasteiger partial charge in [-0.15, -0.1) is 24.0 Å². The molecule has 0 spiro atoms. The van der Waals surface area contributed by atoms with Gasteiger partial charge in [-0.25, -0.2) is 4.98 Å². The highest BCUT2D eigenvalue weighted by molar-refractivity contribution is 6.17. The van der Waals surface area contributed by atoms with Crippen LogP contribution in [0.5, 0.6) is 0 Å². The minimum atomic E-state index is 0. The number of hydrogen-bond donors (Lipinski definition) is 0. The lowest BCUT2D eigenvalue weighted by molar-refractivity contribution is 1.03. The van der Waals surface area contributed by atoms with E-state index in [2.05, 4.69) is 40.6 Å². The van der Waals surface area contributed by atoms with E-state index in [1.165, 1.54) is 11.1 Å². The summed E-state index contributed by atoms with van der Waals surface area (Å²) in [6.45, 7) is 2.10. The summed E-state index contributed by atoms with van der Waals surface area (Å²) in [7, 11) is 0. The summed E-state index contributed by atoms with van der Waals surface area (Å²) in [5.74, 6) is 0.479.